The van der Waals surface area contributed by atoms with E-state index in [1.54, 1.807) is 5.38 Å². The fraction of sp³-hybridized carbons (Fsp3) is 0.643. The number of sulfonamides is 1. The fourth-order valence-corrected chi connectivity index (χ4v) is 4.59. The predicted molar refractivity (Wildman–Crippen MR) is 91.5 cm³/mol. The smallest absolute Gasteiger partial charge is 0.262 e. The SMILES string of the molecule is CN(C)S(=O)(=O)c1ccsc1C(=O)NCCCN1CCNCC1. The van der Waals surface area contributed by atoms with Crippen LogP contribution in [0, 0.1) is 0 Å². The zero-order valence-corrected chi connectivity index (χ0v) is 15.2. The number of nitrogens with one attached hydrogen (secondary N) is 2. The van der Waals surface area contributed by atoms with Crippen LogP contribution in [0.25, 0.3) is 0 Å². The molecule has 2 rings (SSSR count). The second-order valence-electron chi connectivity index (χ2n) is 5.60. The zero-order valence-electron chi connectivity index (χ0n) is 13.5. The molecule has 130 valence electrons. The Bertz CT molecular complexity index is 622. The van der Waals surface area contributed by atoms with Gasteiger partial charge in [-0.15, -0.1) is 11.3 Å². The minimum atomic E-state index is -3.59. The summed E-state index contributed by atoms with van der Waals surface area (Å²) in [6.45, 7) is 5.56. The van der Waals surface area contributed by atoms with E-state index in [1.165, 1.54) is 20.2 Å². The molecule has 2 N–H and O–H groups in total. The van der Waals surface area contributed by atoms with E-state index < -0.39 is 10.0 Å². The van der Waals surface area contributed by atoms with Gasteiger partial charge in [-0.25, -0.2) is 12.7 Å². The summed E-state index contributed by atoms with van der Waals surface area (Å²) < 4.78 is 25.5. The van der Waals surface area contributed by atoms with Crippen LogP contribution in [0.4, 0.5) is 0 Å². The molecule has 0 saturated carbocycles. The molecule has 1 aliphatic heterocycles. The molecule has 1 saturated heterocycles. The van der Waals surface area contributed by atoms with E-state index in [4.69, 9.17) is 0 Å². The van der Waals surface area contributed by atoms with Gasteiger partial charge in [-0.2, -0.15) is 0 Å². The molecule has 0 aromatic carbocycles. The summed E-state index contributed by atoms with van der Waals surface area (Å²) in [5, 5.41) is 7.75. The van der Waals surface area contributed by atoms with E-state index in [2.05, 4.69) is 15.5 Å². The first-order valence-electron chi connectivity index (χ1n) is 7.64. The summed E-state index contributed by atoms with van der Waals surface area (Å²) in [5.41, 5.74) is 0. The van der Waals surface area contributed by atoms with Crippen molar-refractivity contribution in [3.05, 3.63) is 16.3 Å². The highest BCUT2D eigenvalue weighted by Gasteiger charge is 2.25. The van der Waals surface area contributed by atoms with Crippen LogP contribution >= 0.6 is 11.3 Å². The van der Waals surface area contributed by atoms with Crippen molar-refractivity contribution in [3.8, 4) is 0 Å². The molecular formula is C14H24N4O3S2. The molecule has 2 heterocycles. The van der Waals surface area contributed by atoms with Crippen LogP contribution in [0.2, 0.25) is 0 Å². The van der Waals surface area contributed by atoms with E-state index in [0.717, 1.165) is 54.8 Å². The molecule has 0 aliphatic carbocycles. The number of hydrogen-bond acceptors (Lipinski definition) is 6. The first-order valence-corrected chi connectivity index (χ1v) is 9.96. The van der Waals surface area contributed by atoms with Crippen LogP contribution in [0.3, 0.4) is 0 Å². The van der Waals surface area contributed by atoms with Gasteiger partial charge in [0.25, 0.3) is 5.91 Å². The molecule has 0 spiro atoms. The lowest BCUT2D eigenvalue weighted by molar-refractivity contribution is 0.0952. The van der Waals surface area contributed by atoms with Crippen LogP contribution < -0.4 is 10.6 Å². The maximum atomic E-state index is 12.2. The summed E-state index contributed by atoms with van der Waals surface area (Å²) in [6, 6.07) is 1.48. The number of nitrogens with zero attached hydrogens (tertiary/aromatic N) is 2. The van der Waals surface area contributed by atoms with Gasteiger partial charge in [0.2, 0.25) is 10.0 Å². The Morgan fingerprint density at radius 3 is 2.74 bits per heavy atom. The van der Waals surface area contributed by atoms with Crippen LogP contribution in [-0.2, 0) is 10.0 Å². The summed E-state index contributed by atoms with van der Waals surface area (Å²) in [6.07, 6.45) is 0.854. The van der Waals surface area contributed by atoms with Crippen LogP contribution in [0.15, 0.2) is 16.3 Å². The molecule has 0 unspecified atom stereocenters. The van der Waals surface area contributed by atoms with E-state index in [9.17, 15) is 13.2 Å². The molecule has 9 heteroatoms. The number of carbonyl (C=O) groups excluding carboxylic acids is 1. The standard InChI is InChI=1S/C14H24N4O3S2/c1-17(2)23(20,21)12-4-11-22-13(12)14(19)16-5-3-8-18-9-6-15-7-10-18/h4,11,15H,3,5-10H2,1-2H3,(H,16,19). The number of piperazine rings is 1. The van der Waals surface area contributed by atoms with Gasteiger partial charge in [0, 0.05) is 46.8 Å². The van der Waals surface area contributed by atoms with Crippen molar-refractivity contribution in [2.45, 2.75) is 11.3 Å². The zero-order chi connectivity index (χ0) is 16.9. The van der Waals surface area contributed by atoms with Crippen molar-refractivity contribution in [2.24, 2.45) is 0 Å². The first-order chi connectivity index (χ1) is 10.9. The summed E-state index contributed by atoms with van der Waals surface area (Å²) in [4.78, 5) is 14.9. The summed E-state index contributed by atoms with van der Waals surface area (Å²) >= 11 is 1.15. The number of hydrogen-bond donors (Lipinski definition) is 2. The van der Waals surface area contributed by atoms with Crippen LogP contribution in [0.5, 0.6) is 0 Å². The van der Waals surface area contributed by atoms with Crippen molar-refractivity contribution in [3.63, 3.8) is 0 Å². The summed E-state index contributed by atoms with van der Waals surface area (Å²) in [5.74, 6) is -0.319. The van der Waals surface area contributed by atoms with E-state index in [-0.39, 0.29) is 15.7 Å². The lowest BCUT2D eigenvalue weighted by Crippen LogP contribution is -2.44. The molecule has 0 bridgehead atoms. The molecule has 0 atom stereocenters. The average Bonchev–Trinajstić information content (AvgIpc) is 3.02. The van der Waals surface area contributed by atoms with Crippen molar-refractivity contribution >= 4 is 27.3 Å². The predicted octanol–water partition coefficient (Wildman–Crippen LogP) is 0.0235. The van der Waals surface area contributed by atoms with Crippen molar-refractivity contribution in [1.29, 1.82) is 0 Å². The van der Waals surface area contributed by atoms with Gasteiger partial charge >= 0.3 is 0 Å². The average molecular weight is 361 g/mol. The molecule has 7 nitrogen and oxygen atoms in total. The van der Waals surface area contributed by atoms with Gasteiger partial charge in [-0.3, -0.25) is 4.79 Å². The third-order valence-corrected chi connectivity index (χ3v) is 6.64. The topological polar surface area (TPSA) is 81.8 Å². The summed E-state index contributed by atoms with van der Waals surface area (Å²) in [7, 11) is -0.668. The Labute approximate surface area is 141 Å². The fourth-order valence-electron chi connectivity index (χ4n) is 2.38. The normalized spacial score (nSPS) is 16.7. The maximum absolute atomic E-state index is 12.2. The monoisotopic (exact) mass is 360 g/mol. The molecule has 1 aromatic heterocycles. The molecule has 1 amide bonds. The highest BCUT2D eigenvalue weighted by atomic mass is 32.2. The van der Waals surface area contributed by atoms with Gasteiger partial charge in [0.1, 0.15) is 9.77 Å². The Morgan fingerprint density at radius 1 is 1.39 bits per heavy atom. The highest BCUT2D eigenvalue weighted by Crippen LogP contribution is 2.23. The second kappa shape index (κ2) is 8.20. The van der Waals surface area contributed by atoms with Crippen molar-refractivity contribution in [2.75, 3.05) is 53.4 Å². The quantitative estimate of drug-likeness (QED) is 0.670. The van der Waals surface area contributed by atoms with Crippen LogP contribution in [0.1, 0.15) is 16.1 Å². The minimum Gasteiger partial charge on any atom is -0.351 e. The molecule has 1 fully saturated rings. The maximum Gasteiger partial charge on any atom is 0.262 e. The highest BCUT2D eigenvalue weighted by molar-refractivity contribution is 7.89. The van der Waals surface area contributed by atoms with E-state index in [1.807, 2.05) is 0 Å². The van der Waals surface area contributed by atoms with E-state index in [0.29, 0.717) is 6.54 Å². The Hall–Kier alpha value is -1.00. The molecular weight excluding hydrogens is 336 g/mol. The van der Waals surface area contributed by atoms with Crippen LogP contribution in [-0.4, -0.2) is 76.9 Å². The Kier molecular flexibility index (Phi) is 6.54. The Morgan fingerprint density at radius 2 is 2.09 bits per heavy atom. The minimum absolute atomic E-state index is 0.0760. The van der Waals surface area contributed by atoms with Gasteiger partial charge in [0.15, 0.2) is 0 Å². The third-order valence-electron chi connectivity index (χ3n) is 3.74. The number of carbonyl (C=O) groups is 1. The third kappa shape index (κ3) is 4.74. The lowest BCUT2D eigenvalue weighted by atomic mass is 10.3. The lowest BCUT2D eigenvalue weighted by Gasteiger charge is -2.27. The van der Waals surface area contributed by atoms with Gasteiger partial charge in [-0.1, -0.05) is 0 Å². The first kappa shape index (κ1) is 18.3. The molecule has 1 aliphatic rings. The molecule has 1 aromatic rings. The van der Waals surface area contributed by atoms with Crippen molar-refractivity contribution in [1.82, 2.24) is 19.8 Å². The largest absolute Gasteiger partial charge is 0.351 e. The van der Waals surface area contributed by atoms with Gasteiger partial charge in [0.05, 0.1) is 0 Å². The number of rotatable bonds is 7. The van der Waals surface area contributed by atoms with Crippen molar-refractivity contribution < 1.29 is 13.2 Å². The Balaban J connectivity index is 1.86. The number of amides is 1. The second-order valence-corrected chi connectivity index (χ2v) is 8.64. The number of thiophene rings is 1. The van der Waals surface area contributed by atoms with Gasteiger partial charge < -0.3 is 15.5 Å². The van der Waals surface area contributed by atoms with Gasteiger partial charge in [-0.05, 0) is 24.4 Å². The molecule has 23 heavy (non-hydrogen) atoms. The molecule has 0 radical (unpaired) electrons. The van der Waals surface area contributed by atoms with E-state index >= 15 is 0 Å².